The van der Waals surface area contributed by atoms with Gasteiger partial charge in [-0.1, -0.05) is 6.42 Å². The van der Waals surface area contributed by atoms with Crippen LogP contribution < -0.4 is 5.32 Å². The van der Waals surface area contributed by atoms with E-state index in [0.717, 1.165) is 12.8 Å². The fourth-order valence-electron chi connectivity index (χ4n) is 3.17. The van der Waals surface area contributed by atoms with Crippen LogP contribution in [0.15, 0.2) is 0 Å². The Morgan fingerprint density at radius 1 is 1.39 bits per heavy atom. The van der Waals surface area contributed by atoms with Crippen LogP contribution in [0.1, 0.15) is 32.1 Å². The molecule has 2 fully saturated rings. The Morgan fingerprint density at radius 2 is 2.06 bits per heavy atom. The summed E-state index contributed by atoms with van der Waals surface area (Å²) in [6.07, 6.45) is 4.55. The highest BCUT2D eigenvalue weighted by molar-refractivity contribution is 5.87. The van der Waals surface area contributed by atoms with Crippen LogP contribution in [0.5, 0.6) is 0 Å². The highest BCUT2D eigenvalue weighted by Crippen LogP contribution is 2.57. The minimum atomic E-state index is -0.953. The highest BCUT2D eigenvalue weighted by atomic mass is 16.5. The van der Waals surface area contributed by atoms with Crippen LogP contribution in [0, 0.1) is 17.8 Å². The largest absolute Gasteiger partial charge is 0.480 e. The van der Waals surface area contributed by atoms with Gasteiger partial charge in [0.05, 0.1) is 0 Å². The van der Waals surface area contributed by atoms with Crippen LogP contribution in [-0.4, -0.2) is 36.7 Å². The molecule has 2 N–H and O–H groups in total. The van der Waals surface area contributed by atoms with E-state index in [1.54, 1.807) is 7.11 Å². The van der Waals surface area contributed by atoms with Crippen molar-refractivity contribution in [3.8, 4) is 0 Å². The monoisotopic (exact) mass is 255 g/mol. The Labute approximate surface area is 107 Å². The zero-order valence-electron chi connectivity index (χ0n) is 10.7. The van der Waals surface area contributed by atoms with Gasteiger partial charge in [0, 0.05) is 19.6 Å². The fraction of sp³-hybridized carbons (Fsp3) is 0.846. The lowest BCUT2D eigenvalue weighted by atomic mass is 10.1. The first-order valence-corrected chi connectivity index (χ1v) is 6.67. The molecule has 0 aliphatic heterocycles. The lowest BCUT2D eigenvalue weighted by Crippen LogP contribution is -2.42. The van der Waals surface area contributed by atoms with Gasteiger partial charge < -0.3 is 15.2 Å². The van der Waals surface area contributed by atoms with Crippen LogP contribution in [-0.2, 0) is 14.3 Å². The molecule has 18 heavy (non-hydrogen) atoms. The first-order valence-electron chi connectivity index (χ1n) is 6.67. The summed E-state index contributed by atoms with van der Waals surface area (Å²) in [6, 6.07) is -0.769. The van der Waals surface area contributed by atoms with Crippen molar-refractivity contribution in [2.75, 3.05) is 13.7 Å². The zero-order valence-corrected chi connectivity index (χ0v) is 10.7. The summed E-state index contributed by atoms with van der Waals surface area (Å²) < 4.78 is 4.89. The molecule has 102 valence electrons. The second kappa shape index (κ2) is 5.69. The van der Waals surface area contributed by atoms with Gasteiger partial charge in [-0.3, -0.25) is 4.79 Å². The van der Waals surface area contributed by atoms with E-state index in [9.17, 15) is 9.59 Å². The summed E-state index contributed by atoms with van der Waals surface area (Å²) in [4.78, 5) is 23.0. The van der Waals surface area contributed by atoms with Gasteiger partial charge in [-0.2, -0.15) is 0 Å². The predicted octanol–water partition coefficient (Wildman–Crippen LogP) is 1.03. The molecule has 0 aromatic rings. The molecule has 0 aromatic heterocycles. The molecule has 2 aliphatic carbocycles. The normalized spacial score (nSPS) is 30.6. The molecular weight excluding hydrogens is 234 g/mol. The van der Waals surface area contributed by atoms with Gasteiger partial charge in [-0.15, -0.1) is 0 Å². The molecule has 5 heteroatoms. The van der Waals surface area contributed by atoms with Crippen LogP contribution in [0.2, 0.25) is 0 Å². The standard InChI is InChI=1S/C13H21NO4/c1-18-7-3-6-10(13(16)17)14-12(15)11-8-4-2-5-9(8)11/h8-11H,2-7H2,1H3,(H,14,15)(H,16,17). The van der Waals surface area contributed by atoms with E-state index in [2.05, 4.69) is 5.32 Å². The van der Waals surface area contributed by atoms with Gasteiger partial charge in [0.25, 0.3) is 0 Å². The van der Waals surface area contributed by atoms with Gasteiger partial charge >= 0.3 is 5.97 Å². The van der Waals surface area contributed by atoms with E-state index in [4.69, 9.17) is 9.84 Å². The first-order chi connectivity index (χ1) is 8.65. The van der Waals surface area contributed by atoms with Gasteiger partial charge in [0.2, 0.25) is 5.91 Å². The predicted molar refractivity (Wildman–Crippen MR) is 65.0 cm³/mol. The average Bonchev–Trinajstić information content (AvgIpc) is 2.82. The maximum atomic E-state index is 12.0. The van der Waals surface area contributed by atoms with Crippen LogP contribution in [0.3, 0.4) is 0 Å². The number of nitrogens with one attached hydrogen (secondary N) is 1. The second-order valence-corrected chi connectivity index (χ2v) is 5.32. The number of amides is 1. The maximum Gasteiger partial charge on any atom is 0.326 e. The fourth-order valence-corrected chi connectivity index (χ4v) is 3.17. The van der Waals surface area contributed by atoms with E-state index in [0.29, 0.717) is 31.3 Å². The number of carboxylic acid groups (broad SMARTS) is 1. The topological polar surface area (TPSA) is 75.6 Å². The summed E-state index contributed by atoms with van der Waals surface area (Å²) in [5.74, 6) is 0.125. The van der Waals surface area contributed by atoms with E-state index < -0.39 is 12.0 Å². The Balaban J connectivity index is 1.77. The van der Waals surface area contributed by atoms with E-state index in [-0.39, 0.29) is 11.8 Å². The minimum absolute atomic E-state index is 0.0606. The summed E-state index contributed by atoms with van der Waals surface area (Å²) in [5.41, 5.74) is 0. The van der Waals surface area contributed by atoms with Gasteiger partial charge in [-0.25, -0.2) is 4.79 Å². The molecule has 2 aliphatic rings. The summed E-state index contributed by atoms with van der Waals surface area (Å²) in [5, 5.41) is 11.7. The van der Waals surface area contributed by atoms with Crippen molar-refractivity contribution in [1.29, 1.82) is 0 Å². The van der Waals surface area contributed by atoms with Crippen molar-refractivity contribution < 1.29 is 19.4 Å². The number of methoxy groups -OCH3 is 1. The molecule has 0 heterocycles. The van der Waals surface area contributed by atoms with E-state index in [1.807, 2.05) is 0 Å². The number of hydrogen-bond acceptors (Lipinski definition) is 3. The van der Waals surface area contributed by atoms with Crippen molar-refractivity contribution in [3.05, 3.63) is 0 Å². The maximum absolute atomic E-state index is 12.0. The molecule has 2 saturated carbocycles. The quantitative estimate of drug-likeness (QED) is 0.666. The summed E-state index contributed by atoms with van der Waals surface area (Å²) >= 11 is 0. The molecule has 0 aromatic carbocycles. The van der Waals surface area contributed by atoms with Crippen LogP contribution >= 0.6 is 0 Å². The zero-order chi connectivity index (χ0) is 13.1. The second-order valence-electron chi connectivity index (χ2n) is 5.32. The number of aliphatic carboxylic acids is 1. The van der Waals surface area contributed by atoms with E-state index in [1.165, 1.54) is 6.42 Å². The van der Waals surface area contributed by atoms with Crippen LogP contribution in [0.4, 0.5) is 0 Å². The number of carboxylic acids is 1. The number of carbonyl (C=O) groups is 2. The molecule has 0 bridgehead atoms. The molecule has 0 saturated heterocycles. The lowest BCUT2D eigenvalue weighted by molar-refractivity contribution is -0.142. The average molecular weight is 255 g/mol. The molecule has 0 radical (unpaired) electrons. The number of carbonyl (C=O) groups excluding carboxylic acids is 1. The Morgan fingerprint density at radius 3 is 2.61 bits per heavy atom. The number of ether oxygens (including phenoxy) is 1. The van der Waals surface area contributed by atoms with Crippen molar-refractivity contribution >= 4 is 11.9 Å². The third kappa shape index (κ3) is 2.83. The Hall–Kier alpha value is -1.10. The molecule has 0 spiro atoms. The van der Waals surface area contributed by atoms with Gasteiger partial charge in [0.15, 0.2) is 0 Å². The summed E-state index contributed by atoms with van der Waals surface area (Å²) in [7, 11) is 1.58. The molecule has 1 amide bonds. The summed E-state index contributed by atoms with van der Waals surface area (Å²) in [6.45, 7) is 0.522. The molecule has 3 atom stereocenters. The third-order valence-corrected chi connectivity index (χ3v) is 4.17. The molecule has 2 rings (SSSR count). The molecule has 5 nitrogen and oxygen atoms in total. The van der Waals surface area contributed by atoms with Crippen molar-refractivity contribution in [3.63, 3.8) is 0 Å². The number of rotatable bonds is 7. The van der Waals surface area contributed by atoms with Crippen molar-refractivity contribution in [1.82, 2.24) is 5.32 Å². The van der Waals surface area contributed by atoms with E-state index >= 15 is 0 Å². The SMILES string of the molecule is COCCCC(NC(=O)C1C2CCCC21)C(=O)O. The van der Waals surface area contributed by atoms with Crippen molar-refractivity contribution in [2.24, 2.45) is 17.8 Å². The Kier molecular flexibility index (Phi) is 4.22. The van der Waals surface area contributed by atoms with Crippen LogP contribution in [0.25, 0.3) is 0 Å². The number of hydrogen-bond donors (Lipinski definition) is 2. The minimum Gasteiger partial charge on any atom is -0.480 e. The highest BCUT2D eigenvalue weighted by Gasteiger charge is 2.56. The molecule has 3 unspecified atom stereocenters. The van der Waals surface area contributed by atoms with Gasteiger partial charge in [0.1, 0.15) is 6.04 Å². The van der Waals surface area contributed by atoms with Gasteiger partial charge in [-0.05, 0) is 37.5 Å². The van der Waals surface area contributed by atoms with Crippen molar-refractivity contribution in [2.45, 2.75) is 38.1 Å². The Bertz CT molecular complexity index is 321. The number of fused-ring (bicyclic) bond motifs is 1. The smallest absolute Gasteiger partial charge is 0.326 e. The lowest BCUT2D eigenvalue weighted by Gasteiger charge is -2.15. The molecular formula is C13H21NO4. The third-order valence-electron chi connectivity index (χ3n) is 4.17. The first kappa shape index (κ1) is 13.3.